The molecule has 1 unspecified atom stereocenters. The molecule has 0 spiro atoms. The Morgan fingerprint density at radius 2 is 2.00 bits per heavy atom. The largest absolute Gasteiger partial charge is 0.364 e. The van der Waals surface area contributed by atoms with Gasteiger partial charge in [0.25, 0.3) is 0 Å². The normalized spacial score (nSPS) is 22.7. The molecule has 0 bridgehead atoms. The van der Waals surface area contributed by atoms with Crippen molar-refractivity contribution in [1.29, 1.82) is 0 Å². The Bertz CT molecular complexity index is 477. The summed E-state index contributed by atoms with van der Waals surface area (Å²) in [5.41, 5.74) is 0.524. The number of hydrogen-bond donors (Lipinski definition) is 0. The average Bonchev–Trinajstić information content (AvgIpc) is 2.90. The van der Waals surface area contributed by atoms with Crippen molar-refractivity contribution in [3.63, 3.8) is 0 Å². The van der Waals surface area contributed by atoms with E-state index in [1.54, 1.807) is 29.3 Å². The molecule has 2 atom stereocenters. The lowest BCUT2D eigenvalue weighted by atomic mass is 9.91. The standard InChI is InChI=1S/C15H18BrNO3/c1-2-11-9-17(10-13(11)14(18)8-16)20-15(19)12-6-4-3-5-7-12/h3-7,11,13H,2,8-10H2,1H3/t11?,13-/m0/s1. The lowest BCUT2D eigenvalue weighted by Crippen LogP contribution is -2.27. The summed E-state index contributed by atoms with van der Waals surface area (Å²) in [7, 11) is 0. The fourth-order valence-electron chi connectivity index (χ4n) is 2.53. The van der Waals surface area contributed by atoms with E-state index in [0.717, 1.165) is 6.42 Å². The molecule has 1 heterocycles. The van der Waals surface area contributed by atoms with Crippen LogP contribution in [0.3, 0.4) is 0 Å². The molecule has 4 nitrogen and oxygen atoms in total. The number of alkyl halides is 1. The number of hydroxylamine groups is 2. The highest BCUT2D eigenvalue weighted by Crippen LogP contribution is 2.28. The Morgan fingerprint density at radius 3 is 2.60 bits per heavy atom. The lowest BCUT2D eigenvalue weighted by Gasteiger charge is -2.14. The van der Waals surface area contributed by atoms with Gasteiger partial charge in [0.15, 0.2) is 0 Å². The predicted octanol–water partition coefficient (Wildman–Crippen LogP) is 2.68. The van der Waals surface area contributed by atoms with Gasteiger partial charge in [-0.1, -0.05) is 47.5 Å². The van der Waals surface area contributed by atoms with Gasteiger partial charge in [-0.15, -0.1) is 5.06 Å². The summed E-state index contributed by atoms with van der Waals surface area (Å²) in [5.74, 6) is 0.00840. The van der Waals surface area contributed by atoms with Gasteiger partial charge in [-0.3, -0.25) is 4.79 Å². The minimum atomic E-state index is -0.368. The number of nitrogens with zero attached hydrogens (tertiary/aromatic N) is 1. The van der Waals surface area contributed by atoms with Gasteiger partial charge < -0.3 is 4.84 Å². The van der Waals surface area contributed by atoms with Crippen molar-refractivity contribution in [3.05, 3.63) is 35.9 Å². The van der Waals surface area contributed by atoms with Gasteiger partial charge in [0.2, 0.25) is 0 Å². The van der Waals surface area contributed by atoms with E-state index in [-0.39, 0.29) is 23.6 Å². The topological polar surface area (TPSA) is 46.6 Å². The summed E-state index contributed by atoms with van der Waals surface area (Å²) in [6.45, 7) is 3.17. The molecule has 0 N–H and O–H groups in total. The number of hydrogen-bond acceptors (Lipinski definition) is 4. The van der Waals surface area contributed by atoms with Crippen LogP contribution in [0.5, 0.6) is 0 Å². The van der Waals surface area contributed by atoms with E-state index in [1.165, 1.54) is 0 Å². The highest BCUT2D eigenvalue weighted by atomic mass is 79.9. The Balaban J connectivity index is 1.98. The first-order chi connectivity index (χ1) is 9.65. The average molecular weight is 340 g/mol. The molecule has 1 aliphatic heterocycles. The molecule has 1 saturated heterocycles. The minimum Gasteiger partial charge on any atom is -0.364 e. The van der Waals surface area contributed by atoms with E-state index < -0.39 is 0 Å². The zero-order chi connectivity index (χ0) is 14.5. The molecule has 2 rings (SSSR count). The molecule has 5 heteroatoms. The predicted molar refractivity (Wildman–Crippen MR) is 79.5 cm³/mol. The second-order valence-corrected chi connectivity index (χ2v) is 5.53. The SMILES string of the molecule is CCC1CN(OC(=O)c2ccccc2)C[C@@H]1C(=O)CBr. The van der Waals surface area contributed by atoms with Crippen LogP contribution in [0.15, 0.2) is 30.3 Å². The van der Waals surface area contributed by atoms with Crippen LogP contribution in [0.1, 0.15) is 23.7 Å². The molecule has 0 radical (unpaired) electrons. The van der Waals surface area contributed by atoms with Gasteiger partial charge in [-0.05, 0) is 18.1 Å². The fourth-order valence-corrected chi connectivity index (χ4v) is 2.94. The highest BCUT2D eigenvalue weighted by Gasteiger charge is 2.37. The third-order valence-corrected chi connectivity index (χ3v) is 4.25. The van der Waals surface area contributed by atoms with Gasteiger partial charge in [0.05, 0.1) is 10.9 Å². The fraction of sp³-hybridized carbons (Fsp3) is 0.467. The lowest BCUT2D eigenvalue weighted by molar-refractivity contribution is -0.123. The van der Waals surface area contributed by atoms with Gasteiger partial charge in [-0.2, -0.15) is 0 Å². The van der Waals surface area contributed by atoms with Gasteiger partial charge in [-0.25, -0.2) is 4.79 Å². The maximum Gasteiger partial charge on any atom is 0.357 e. The molecule has 1 aliphatic rings. The van der Waals surface area contributed by atoms with Crippen LogP contribution < -0.4 is 0 Å². The molecule has 108 valence electrons. The van der Waals surface area contributed by atoms with Gasteiger partial charge in [0.1, 0.15) is 5.78 Å². The number of carbonyl (C=O) groups excluding carboxylic acids is 2. The Hall–Kier alpha value is -1.20. The Labute approximate surface area is 127 Å². The van der Waals surface area contributed by atoms with Crippen molar-refractivity contribution in [1.82, 2.24) is 5.06 Å². The van der Waals surface area contributed by atoms with Crippen molar-refractivity contribution in [2.75, 3.05) is 18.4 Å². The van der Waals surface area contributed by atoms with E-state index >= 15 is 0 Å². The van der Waals surface area contributed by atoms with Crippen molar-refractivity contribution >= 4 is 27.7 Å². The molecule has 0 amide bonds. The smallest absolute Gasteiger partial charge is 0.357 e. The second kappa shape index (κ2) is 6.99. The molecule has 20 heavy (non-hydrogen) atoms. The highest BCUT2D eigenvalue weighted by molar-refractivity contribution is 9.09. The molecule has 0 saturated carbocycles. The van der Waals surface area contributed by atoms with Gasteiger partial charge in [0, 0.05) is 19.0 Å². The third kappa shape index (κ3) is 3.46. The molecule has 1 aromatic rings. The van der Waals surface area contributed by atoms with Crippen LogP contribution in [0.4, 0.5) is 0 Å². The van der Waals surface area contributed by atoms with Crippen LogP contribution in [0, 0.1) is 11.8 Å². The molecule has 1 aromatic carbocycles. The van der Waals surface area contributed by atoms with Crippen LogP contribution >= 0.6 is 15.9 Å². The van der Waals surface area contributed by atoms with Crippen LogP contribution in [0.2, 0.25) is 0 Å². The Morgan fingerprint density at radius 1 is 1.30 bits per heavy atom. The molecule has 1 fully saturated rings. The summed E-state index contributed by atoms with van der Waals surface area (Å²) in [6.07, 6.45) is 0.906. The number of ketones is 1. The zero-order valence-electron chi connectivity index (χ0n) is 11.4. The summed E-state index contributed by atoms with van der Waals surface area (Å²) in [6, 6.07) is 8.89. The monoisotopic (exact) mass is 339 g/mol. The molecular formula is C15H18BrNO3. The van der Waals surface area contributed by atoms with E-state index in [1.807, 2.05) is 6.07 Å². The molecule has 0 aromatic heterocycles. The number of carbonyl (C=O) groups is 2. The number of benzene rings is 1. The van der Waals surface area contributed by atoms with Crippen LogP contribution in [-0.2, 0) is 9.63 Å². The first-order valence-electron chi connectivity index (χ1n) is 6.76. The Kier molecular flexibility index (Phi) is 5.31. The molecular weight excluding hydrogens is 322 g/mol. The van der Waals surface area contributed by atoms with Crippen molar-refractivity contribution < 1.29 is 14.4 Å². The minimum absolute atomic E-state index is 0.0528. The summed E-state index contributed by atoms with van der Waals surface area (Å²) < 4.78 is 0. The first kappa shape index (κ1) is 15.2. The van der Waals surface area contributed by atoms with Crippen molar-refractivity contribution in [2.24, 2.45) is 11.8 Å². The maximum absolute atomic E-state index is 12.0. The third-order valence-electron chi connectivity index (χ3n) is 3.70. The number of rotatable bonds is 5. The second-order valence-electron chi connectivity index (χ2n) is 4.97. The summed E-state index contributed by atoms with van der Waals surface area (Å²) >= 11 is 3.21. The quantitative estimate of drug-likeness (QED) is 0.774. The zero-order valence-corrected chi connectivity index (χ0v) is 13.0. The summed E-state index contributed by atoms with van der Waals surface area (Å²) in [4.78, 5) is 29.2. The maximum atomic E-state index is 12.0. The van der Waals surface area contributed by atoms with Crippen molar-refractivity contribution in [2.45, 2.75) is 13.3 Å². The van der Waals surface area contributed by atoms with E-state index in [2.05, 4.69) is 22.9 Å². The van der Waals surface area contributed by atoms with Crippen LogP contribution in [0.25, 0.3) is 0 Å². The molecule has 0 aliphatic carbocycles. The van der Waals surface area contributed by atoms with Crippen LogP contribution in [-0.4, -0.2) is 35.2 Å². The van der Waals surface area contributed by atoms with E-state index in [4.69, 9.17) is 4.84 Å². The number of halogens is 1. The summed E-state index contributed by atoms with van der Waals surface area (Å²) in [5, 5.41) is 1.98. The van der Waals surface area contributed by atoms with Gasteiger partial charge >= 0.3 is 5.97 Å². The van der Waals surface area contributed by atoms with E-state index in [0.29, 0.717) is 24.0 Å². The van der Waals surface area contributed by atoms with E-state index in [9.17, 15) is 9.59 Å². The first-order valence-corrected chi connectivity index (χ1v) is 7.88. The van der Waals surface area contributed by atoms with Crippen molar-refractivity contribution in [3.8, 4) is 0 Å². The number of Topliss-reactive ketones (excluding diaryl/α,β-unsaturated/α-hetero) is 1.